The molecule has 4 aromatic rings. The zero-order valence-electron chi connectivity index (χ0n) is 25.3. The zero-order chi connectivity index (χ0) is 31.3. The quantitative estimate of drug-likeness (QED) is 0.228. The number of benzene rings is 2. The summed E-state index contributed by atoms with van der Waals surface area (Å²) in [6.45, 7) is 7.63. The van der Waals surface area contributed by atoms with Gasteiger partial charge in [-0.3, -0.25) is 9.63 Å². The molecule has 0 saturated carbocycles. The second-order valence-corrected chi connectivity index (χ2v) is 10.9. The van der Waals surface area contributed by atoms with Crippen molar-refractivity contribution in [3.8, 4) is 22.8 Å². The molecule has 0 bridgehead atoms. The standard InChI is InChI=1S/C33H36N8O4/c1-4-32(42)38-25-17-26(29(44-3)18-28(25)40-13-11-39(2)12-14-40)37-30-19-31(36-21-35-30)41-27(10-15-45-41)23-7-5-6-22(16-23)24-8-9-33(43)34-20-24/h4-9,16-21,27H,1,10-15H2,2-3H3,(H,34,43)(H,38,42)(H,35,36,37)/t27-/m1/s1. The normalized spacial score (nSPS) is 16.8. The first-order valence-corrected chi connectivity index (χ1v) is 14.8. The number of carbonyl (C=O) groups excluding carboxylic acids is 1. The van der Waals surface area contributed by atoms with E-state index >= 15 is 0 Å². The van der Waals surface area contributed by atoms with E-state index in [1.807, 2.05) is 41.5 Å². The van der Waals surface area contributed by atoms with Crippen molar-refractivity contribution in [2.45, 2.75) is 12.5 Å². The molecular formula is C33H36N8O4. The number of anilines is 5. The first-order chi connectivity index (χ1) is 21.9. The third-order valence-corrected chi connectivity index (χ3v) is 8.00. The van der Waals surface area contributed by atoms with Gasteiger partial charge in [-0.2, -0.15) is 0 Å². The van der Waals surface area contributed by atoms with Crippen molar-refractivity contribution in [1.82, 2.24) is 19.9 Å². The maximum atomic E-state index is 12.4. The molecule has 0 unspecified atom stereocenters. The van der Waals surface area contributed by atoms with Crippen LogP contribution in [-0.2, 0) is 9.63 Å². The van der Waals surface area contributed by atoms with Crippen molar-refractivity contribution in [1.29, 1.82) is 0 Å². The highest BCUT2D eigenvalue weighted by molar-refractivity contribution is 6.02. The Morgan fingerprint density at radius 3 is 2.64 bits per heavy atom. The Morgan fingerprint density at radius 2 is 1.89 bits per heavy atom. The van der Waals surface area contributed by atoms with Crippen molar-refractivity contribution in [2.24, 2.45) is 0 Å². The number of hydrogen-bond acceptors (Lipinski definition) is 11. The second kappa shape index (κ2) is 13.2. The Bertz CT molecular complexity index is 1670. The number of ether oxygens (including phenoxy) is 1. The first-order valence-electron chi connectivity index (χ1n) is 14.8. The molecule has 2 aromatic heterocycles. The third-order valence-electron chi connectivity index (χ3n) is 8.00. The zero-order valence-corrected chi connectivity index (χ0v) is 25.3. The average molecular weight is 609 g/mol. The molecule has 12 nitrogen and oxygen atoms in total. The summed E-state index contributed by atoms with van der Waals surface area (Å²) < 4.78 is 5.79. The maximum Gasteiger partial charge on any atom is 0.247 e. The molecule has 1 amide bonds. The van der Waals surface area contributed by atoms with Gasteiger partial charge in [-0.15, -0.1) is 0 Å². The fourth-order valence-corrected chi connectivity index (χ4v) is 5.58. The van der Waals surface area contributed by atoms with E-state index in [9.17, 15) is 9.90 Å². The van der Waals surface area contributed by atoms with Crippen LogP contribution in [0.3, 0.4) is 0 Å². The predicted octanol–water partition coefficient (Wildman–Crippen LogP) is 4.76. The average Bonchev–Trinajstić information content (AvgIpc) is 3.56. The van der Waals surface area contributed by atoms with Crippen molar-refractivity contribution in [3.05, 3.63) is 85.3 Å². The summed E-state index contributed by atoms with van der Waals surface area (Å²) >= 11 is 0. The highest BCUT2D eigenvalue weighted by Gasteiger charge is 2.30. The fraction of sp³-hybridized carbons (Fsp3) is 0.273. The van der Waals surface area contributed by atoms with Gasteiger partial charge in [0.1, 0.15) is 17.9 Å². The highest BCUT2D eigenvalue weighted by Crippen LogP contribution is 2.40. The molecule has 3 N–H and O–H groups in total. The highest BCUT2D eigenvalue weighted by atomic mass is 16.7. The lowest BCUT2D eigenvalue weighted by molar-refractivity contribution is -0.111. The van der Waals surface area contributed by atoms with Gasteiger partial charge in [-0.05, 0) is 42.4 Å². The van der Waals surface area contributed by atoms with E-state index in [1.165, 1.54) is 12.4 Å². The van der Waals surface area contributed by atoms with Gasteiger partial charge in [0.15, 0.2) is 5.82 Å². The molecule has 4 heterocycles. The Labute approximate surface area is 261 Å². The van der Waals surface area contributed by atoms with Gasteiger partial charge in [0.2, 0.25) is 11.8 Å². The van der Waals surface area contributed by atoms with Crippen LogP contribution in [0.15, 0.2) is 79.8 Å². The van der Waals surface area contributed by atoms with Crippen LogP contribution < -0.4 is 25.3 Å². The smallest absolute Gasteiger partial charge is 0.247 e. The lowest BCUT2D eigenvalue weighted by Crippen LogP contribution is -2.44. The van der Waals surface area contributed by atoms with E-state index in [1.54, 1.807) is 19.4 Å². The summed E-state index contributed by atoms with van der Waals surface area (Å²) in [5.74, 6) is 1.43. The molecule has 12 heteroatoms. The van der Waals surface area contributed by atoms with Crippen LogP contribution in [0.1, 0.15) is 18.0 Å². The van der Waals surface area contributed by atoms with Crippen molar-refractivity contribution >= 4 is 34.6 Å². The van der Waals surface area contributed by atoms with Gasteiger partial charge in [0.25, 0.3) is 0 Å². The Balaban J connectivity index is 1.27. The number of amides is 1. The Kier molecular flexibility index (Phi) is 8.76. The fourth-order valence-electron chi connectivity index (χ4n) is 5.58. The van der Waals surface area contributed by atoms with Crippen molar-refractivity contribution < 1.29 is 19.5 Å². The van der Waals surface area contributed by atoms with E-state index < -0.39 is 0 Å². The van der Waals surface area contributed by atoms with Crippen molar-refractivity contribution in [2.75, 3.05) is 67.5 Å². The SMILES string of the molecule is C=CC(=O)Nc1cc(Nc2cc(N3OCC[C@@H]3c3cccc(-c4ccc(O)nc4)c3)ncn2)c(OC)cc1N1CCN(C)CC1. The van der Waals surface area contributed by atoms with Crippen LogP contribution in [-0.4, -0.2) is 77.8 Å². The number of hydroxylamine groups is 1. The Morgan fingerprint density at radius 1 is 1.04 bits per heavy atom. The maximum absolute atomic E-state index is 12.4. The van der Waals surface area contributed by atoms with Crippen LogP contribution in [0.2, 0.25) is 0 Å². The number of pyridine rings is 1. The van der Waals surface area contributed by atoms with E-state index in [0.717, 1.165) is 55.0 Å². The summed E-state index contributed by atoms with van der Waals surface area (Å²) in [5.41, 5.74) is 5.12. The largest absolute Gasteiger partial charge is 0.494 e. The molecule has 0 aliphatic carbocycles. The minimum atomic E-state index is -0.297. The molecule has 2 fully saturated rings. The summed E-state index contributed by atoms with van der Waals surface area (Å²) in [4.78, 5) is 36.0. The second-order valence-electron chi connectivity index (χ2n) is 10.9. The molecule has 6 rings (SSSR count). The number of likely N-dealkylation sites (N-methyl/N-ethyl adjacent to an activating group) is 1. The van der Waals surface area contributed by atoms with Gasteiger partial charge < -0.3 is 30.3 Å². The number of rotatable bonds is 9. The summed E-state index contributed by atoms with van der Waals surface area (Å²) in [6.07, 6.45) is 5.17. The number of carbonyl (C=O) groups is 1. The van der Waals surface area contributed by atoms with Crippen LogP contribution >= 0.6 is 0 Å². The molecule has 0 radical (unpaired) electrons. The minimum Gasteiger partial charge on any atom is -0.494 e. The summed E-state index contributed by atoms with van der Waals surface area (Å²) in [5, 5.41) is 17.7. The van der Waals surface area contributed by atoms with Crippen LogP contribution in [0.4, 0.5) is 28.7 Å². The molecule has 2 saturated heterocycles. The number of nitrogens with one attached hydrogen (secondary N) is 2. The lowest BCUT2D eigenvalue weighted by atomic mass is 9.99. The third kappa shape index (κ3) is 6.66. The minimum absolute atomic E-state index is 0.0141. The molecular weight excluding hydrogens is 572 g/mol. The summed E-state index contributed by atoms with van der Waals surface area (Å²) in [6, 6.07) is 17.1. The van der Waals surface area contributed by atoms with Crippen LogP contribution in [0, 0.1) is 0 Å². The Hall–Kier alpha value is -5.20. The van der Waals surface area contributed by atoms with Crippen LogP contribution in [0.25, 0.3) is 11.1 Å². The van der Waals surface area contributed by atoms with Crippen molar-refractivity contribution in [3.63, 3.8) is 0 Å². The molecule has 2 aliphatic heterocycles. The molecule has 45 heavy (non-hydrogen) atoms. The predicted molar refractivity (Wildman–Crippen MR) is 174 cm³/mol. The molecule has 232 valence electrons. The topological polar surface area (TPSA) is 128 Å². The van der Waals surface area contributed by atoms with E-state index in [4.69, 9.17) is 9.57 Å². The molecule has 2 aromatic carbocycles. The monoisotopic (exact) mass is 608 g/mol. The number of nitrogens with zero attached hydrogens (tertiary/aromatic N) is 6. The number of hydrogen-bond donors (Lipinski definition) is 3. The van der Waals surface area contributed by atoms with Gasteiger partial charge in [-0.25, -0.2) is 20.0 Å². The number of aromatic nitrogens is 3. The molecule has 1 atom stereocenters. The van der Waals surface area contributed by atoms with E-state index in [0.29, 0.717) is 35.4 Å². The van der Waals surface area contributed by atoms with Gasteiger partial charge in [0, 0.05) is 62.6 Å². The van der Waals surface area contributed by atoms with Crippen LogP contribution in [0.5, 0.6) is 11.6 Å². The van der Waals surface area contributed by atoms with E-state index in [-0.39, 0.29) is 17.8 Å². The van der Waals surface area contributed by atoms with Gasteiger partial charge in [0.05, 0.1) is 36.8 Å². The molecule has 0 spiro atoms. The summed E-state index contributed by atoms with van der Waals surface area (Å²) in [7, 11) is 3.72. The lowest BCUT2D eigenvalue weighted by Gasteiger charge is -2.35. The molecule has 2 aliphatic rings. The first kappa shape index (κ1) is 29.9. The van der Waals surface area contributed by atoms with Gasteiger partial charge in [-0.1, -0.05) is 24.8 Å². The number of piperazine rings is 1. The number of aromatic hydroxyl groups is 1. The van der Waals surface area contributed by atoms with E-state index in [2.05, 4.69) is 61.1 Å². The van der Waals surface area contributed by atoms with Gasteiger partial charge >= 0.3 is 0 Å². The number of methoxy groups -OCH3 is 1.